The van der Waals surface area contributed by atoms with E-state index in [1.165, 1.54) is 12.3 Å². The van der Waals surface area contributed by atoms with Crippen molar-refractivity contribution in [2.75, 3.05) is 11.5 Å². The minimum absolute atomic E-state index is 0.00286. The molecule has 0 unspecified atom stereocenters. The highest BCUT2D eigenvalue weighted by atomic mass is 32.2. The number of sulfone groups is 1. The normalized spacial score (nSPS) is 19.6. The predicted molar refractivity (Wildman–Crippen MR) is 83.9 cm³/mol. The van der Waals surface area contributed by atoms with Gasteiger partial charge in [-0.05, 0) is 19.8 Å². The topological polar surface area (TPSA) is 114 Å². The number of hydrogen-bond donors (Lipinski definition) is 2. The fourth-order valence-corrected chi connectivity index (χ4v) is 4.43. The summed E-state index contributed by atoms with van der Waals surface area (Å²) in [5.41, 5.74) is 0.342. The molecule has 9 heteroatoms. The number of hydrogen-bond acceptors (Lipinski definition) is 6. The molecule has 0 aliphatic carbocycles. The fourth-order valence-electron chi connectivity index (χ4n) is 2.70. The lowest BCUT2D eigenvalue weighted by Crippen LogP contribution is -2.51. The molecule has 2 N–H and O–H groups in total. The minimum atomic E-state index is -3.00. The Kier molecular flexibility index (Phi) is 3.55. The molecule has 2 aromatic heterocycles. The zero-order chi connectivity index (χ0) is 16.8. The van der Waals surface area contributed by atoms with Crippen LogP contribution in [-0.2, 0) is 16.9 Å². The summed E-state index contributed by atoms with van der Waals surface area (Å²) in [5.74, 6) is -0.0693. The van der Waals surface area contributed by atoms with Gasteiger partial charge in [-0.1, -0.05) is 0 Å². The minimum Gasteiger partial charge on any atom is -0.506 e. The van der Waals surface area contributed by atoms with Crippen molar-refractivity contribution in [1.29, 1.82) is 0 Å². The van der Waals surface area contributed by atoms with Crippen molar-refractivity contribution in [1.82, 2.24) is 19.9 Å². The Hall–Kier alpha value is -2.16. The van der Waals surface area contributed by atoms with Crippen LogP contribution in [0.25, 0.3) is 11.2 Å². The number of amides is 1. The number of fused-ring (bicyclic) bond motifs is 1. The average Bonchev–Trinajstić information content (AvgIpc) is 2.80. The van der Waals surface area contributed by atoms with Gasteiger partial charge in [0.1, 0.15) is 15.6 Å². The number of nitrogens with one attached hydrogen (secondary N) is 1. The molecule has 1 aliphatic heterocycles. The number of aryl methyl sites for hydroxylation is 1. The number of aromatic nitrogens is 3. The number of rotatable bonds is 2. The highest BCUT2D eigenvalue weighted by Gasteiger charge is 2.35. The molecule has 1 aliphatic rings. The lowest BCUT2D eigenvalue weighted by Gasteiger charge is -2.34. The number of pyridine rings is 1. The van der Waals surface area contributed by atoms with Crippen LogP contribution in [-0.4, -0.2) is 51.0 Å². The Morgan fingerprint density at radius 2 is 2.04 bits per heavy atom. The Balaban J connectivity index is 1.85. The highest BCUT2D eigenvalue weighted by molar-refractivity contribution is 7.91. The Morgan fingerprint density at radius 3 is 2.70 bits per heavy atom. The van der Waals surface area contributed by atoms with Crippen molar-refractivity contribution in [2.45, 2.75) is 25.3 Å². The van der Waals surface area contributed by atoms with Crippen LogP contribution in [0.1, 0.15) is 30.4 Å². The van der Waals surface area contributed by atoms with Gasteiger partial charge in [-0.25, -0.2) is 18.4 Å². The van der Waals surface area contributed by atoms with Crippen molar-refractivity contribution in [3.63, 3.8) is 0 Å². The average molecular weight is 338 g/mol. The monoisotopic (exact) mass is 338 g/mol. The van der Waals surface area contributed by atoms with Crippen LogP contribution in [0.3, 0.4) is 0 Å². The number of nitrogens with zero attached hydrogens (tertiary/aromatic N) is 3. The number of carbonyl (C=O) groups excluding carboxylic acids is 1. The van der Waals surface area contributed by atoms with Gasteiger partial charge in [0.15, 0.2) is 5.65 Å². The van der Waals surface area contributed by atoms with Gasteiger partial charge in [0.25, 0.3) is 5.91 Å². The fraction of sp³-hybridized carbons (Fsp3) is 0.500. The smallest absolute Gasteiger partial charge is 0.287 e. The Morgan fingerprint density at radius 1 is 1.39 bits per heavy atom. The predicted octanol–water partition coefficient (Wildman–Crippen LogP) is 0.371. The van der Waals surface area contributed by atoms with Crippen LogP contribution in [0, 0.1) is 0 Å². The molecule has 0 aromatic carbocycles. The maximum absolute atomic E-state index is 12.5. The van der Waals surface area contributed by atoms with Crippen LogP contribution in [0.5, 0.6) is 5.75 Å². The van der Waals surface area contributed by atoms with Gasteiger partial charge in [-0.15, -0.1) is 0 Å². The van der Waals surface area contributed by atoms with E-state index in [2.05, 4.69) is 15.3 Å². The summed E-state index contributed by atoms with van der Waals surface area (Å²) in [6, 6.07) is 1.49. The molecule has 3 heterocycles. The molecular weight excluding hydrogens is 320 g/mol. The van der Waals surface area contributed by atoms with E-state index in [-0.39, 0.29) is 29.0 Å². The molecule has 2 aromatic rings. The Bertz CT molecular complexity index is 874. The maximum atomic E-state index is 12.5. The highest BCUT2D eigenvalue weighted by Crippen LogP contribution is 2.24. The first-order chi connectivity index (χ1) is 10.7. The van der Waals surface area contributed by atoms with Gasteiger partial charge in [0.05, 0.1) is 23.2 Å². The van der Waals surface area contributed by atoms with Crippen molar-refractivity contribution in [2.24, 2.45) is 7.05 Å². The summed E-state index contributed by atoms with van der Waals surface area (Å²) in [6.45, 7) is 1.84. The molecule has 8 nitrogen and oxygen atoms in total. The molecule has 1 saturated heterocycles. The van der Waals surface area contributed by atoms with Crippen molar-refractivity contribution >= 4 is 26.9 Å². The first kappa shape index (κ1) is 15.7. The third-order valence-electron chi connectivity index (χ3n) is 4.27. The van der Waals surface area contributed by atoms with E-state index in [9.17, 15) is 18.3 Å². The summed E-state index contributed by atoms with van der Waals surface area (Å²) in [4.78, 5) is 20.7. The standard InChI is InChI=1S/C14H18N4O4S/c1-14(3-5-23(21,22)6-4-14)17-13(20)12-16-11-10(18(12)2)7-9(19)8-15-11/h7-8,19H,3-6H2,1-2H3,(H,17,20). The summed E-state index contributed by atoms with van der Waals surface area (Å²) in [6.07, 6.45) is 2.03. The first-order valence-corrected chi connectivity index (χ1v) is 9.06. The lowest BCUT2D eigenvalue weighted by atomic mass is 9.95. The summed E-state index contributed by atoms with van der Waals surface area (Å²) < 4.78 is 24.6. The summed E-state index contributed by atoms with van der Waals surface area (Å²) in [5, 5.41) is 12.4. The van der Waals surface area contributed by atoms with Crippen molar-refractivity contribution < 1.29 is 18.3 Å². The molecule has 1 amide bonds. The second-order valence-corrected chi connectivity index (χ2v) is 8.50. The quantitative estimate of drug-likeness (QED) is 0.818. The van der Waals surface area contributed by atoms with Gasteiger partial charge < -0.3 is 15.0 Å². The molecule has 0 atom stereocenters. The number of imidazole rings is 1. The Labute approximate surface area is 133 Å². The van der Waals surface area contributed by atoms with Gasteiger partial charge in [0.2, 0.25) is 5.82 Å². The van der Waals surface area contributed by atoms with Crippen LogP contribution >= 0.6 is 0 Å². The third kappa shape index (κ3) is 3.00. The number of aromatic hydroxyl groups is 1. The van der Waals surface area contributed by atoms with Crippen LogP contribution < -0.4 is 5.32 Å². The second-order valence-electron chi connectivity index (χ2n) is 6.20. The van der Waals surface area contributed by atoms with Gasteiger partial charge in [0, 0.05) is 18.7 Å². The van der Waals surface area contributed by atoms with Crippen molar-refractivity contribution in [3.8, 4) is 5.75 Å². The number of carbonyl (C=O) groups is 1. The summed E-state index contributed by atoms with van der Waals surface area (Å²) in [7, 11) is -1.33. The van der Waals surface area contributed by atoms with E-state index in [0.717, 1.165) is 0 Å². The third-order valence-corrected chi connectivity index (χ3v) is 5.92. The molecule has 23 heavy (non-hydrogen) atoms. The molecule has 0 spiro atoms. The molecule has 1 fully saturated rings. The van der Waals surface area contributed by atoms with E-state index in [4.69, 9.17) is 0 Å². The first-order valence-electron chi connectivity index (χ1n) is 7.23. The molecular formula is C14H18N4O4S. The largest absolute Gasteiger partial charge is 0.506 e. The molecule has 0 bridgehead atoms. The van der Waals surface area contributed by atoms with Crippen molar-refractivity contribution in [3.05, 3.63) is 18.1 Å². The van der Waals surface area contributed by atoms with Gasteiger partial charge >= 0.3 is 0 Å². The van der Waals surface area contributed by atoms with E-state index < -0.39 is 15.4 Å². The summed E-state index contributed by atoms with van der Waals surface area (Å²) >= 11 is 0. The zero-order valence-electron chi connectivity index (χ0n) is 12.9. The van der Waals surface area contributed by atoms with E-state index in [1.807, 2.05) is 6.92 Å². The van der Waals surface area contributed by atoms with E-state index in [0.29, 0.717) is 24.0 Å². The molecule has 0 saturated carbocycles. The van der Waals surface area contributed by atoms with E-state index in [1.54, 1.807) is 11.6 Å². The molecule has 3 rings (SSSR count). The van der Waals surface area contributed by atoms with Crippen LogP contribution in [0.15, 0.2) is 12.3 Å². The van der Waals surface area contributed by atoms with Gasteiger partial charge in [-0.2, -0.15) is 0 Å². The lowest BCUT2D eigenvalue weighted by molar-refractivity contribution is 0.0886. The van der Waals surface area contributed by atoms with Crippen LogP contribution in [0.2, 0.25) is 0 Å². The van der Waals surface area contributed by atoms with Crippen LogP contribution in [0.4, 0.5) is 0 Å². The molecule has 124 valence electrons. The second kappa shape index (κ2) is 5.19. The molecule has 0 radical (unpaired) electrons. The van der Waals surface area contributed by atoms with E-state index >= 15 is 0 Å². The zero-order valence-corrected chi connectivity index (χ0v) is 13.7. The van der Waals surface area contributed by atoms with Gasteiger partial charge in [-0.3, -0.25) is 4.79 Å². The maximum Gasteiger partial charge on any atom is 0.287 e. The SMILES string of the molecule is Cn1c(C(=O)NC2(C)CCS(=O)(=O)CC2)nc2ncc(O)cc21.